The molecule has 1 atom stereocenters. The van der Waals surface area contributed by atoms with Gasteiger partial charge < -0.3 is 14.9 Å². The molecule has 0 aromatic heterocycles. The molecule has 18 heavy (non-hydrogen) atoms. The Kier molecular flexibility index (Phi) is 4.28. The molecule has 0 aromatic rings. The average molecular weight is 254 g/mol. The SMILES string of the molecule is CN1CCCC(CN(C)C(=O)C2(CO)CCC2)C1. The molecule has 1 unspecified atom stereocenters. The van der Waals surface area contributed by atoms with Crippen LogP contribution in [0, 0.1) is 11.3 Å². The third-order valence-corrected chi connectivity index (χ3v) is 4.67. The van der Waals surface area contributed by atoms with Gasteiger partial charge >= 0.3 is 0 Å². The van der Waals surface area contributed by atoms with Gasteiger partial charge in [0, 0.05) is 20.1 Å². The second kappa shape index (κ2) is 5.57. The van der Waals surface area contributed by atoms with Crippen LogP contribution in [0.2, 0.25) is 0 Å². The Hall–Kier alpha value is -0.610. The number of amides is 1. The number of nitrogens with zero attached hydrogens (tertiary/aromatic N) is 2. The molecule has 1 heterocycles. The summed E-state index contributed by atoms with van der Waals surface area (Å²) in [6, 6.07) is 0. The minimum absolute atomic E-state index is 0.0146. The molecule has 1 aliphatic carbocycles. The van der Waals surface area contributed by atoms with Crippen molar-refractivity contribution in [2.75, 3.05) is 40.3 Å². The summed E-state index contributed by atoms with van der Waals surface area (Å²) in [7, 11) is 4.04. The molecule has 0 bridgehead atoms. The first-order valence-corrected chi connectivity index (χ1v) is 7.12. The molecule has 104 valence electrons. The number of aliphatic hydroxyl groups excluding tert-OH is 1. The zero-order valence-electron chi connectivity index (χ0n) is 11.7. The zero-order valence-corrected chi connectivity index (χ0v) is 11.7. The molecular weight excluding hydrogens is 228 g/mol. The van der Waals surface area contributed by atoms with Crippen LogP contribution in [0.3, 0.4) is 0 Å². The van der Waals surface area contributed by atoms with Crippen LogP contribution in [-0.2, 0) is 4.79 Å². The van der Waals surface area contributed by atoms with Gasteiger partial charge in [-0.1, -0.05) is 6.42 Å². The fourth-order valence-electron chi connectivity index (χ4n) is 3.34. The molecule has 1 amide bonds. The van der Waals surface area contributed by atoms with Crippen molar-refractivity contribution < 1.29 is 9.90 Å². The van der Waals surface area contributed by atoms with Crippen molar-refractivity contribution in [3.63, 3.8) is 0 Å². The quantitative estimate of drug-likeness (QED) is 0.812. The van der Waals surface area contributed by atoms with Gasteiger partial charge in [0.15, 0.2) is 0 Å². The van der Waals surface area contributed by atoms with Crippen LogP contribution in [0.4, 0.5) is 0 Å². The van der Waals surface area contributed by atoms with Gasteiger partial charge in [-0.25, -0.2) is 0 Å². The Bertz CT molecular complexity index is 297. The van der Waals surface area contributed by atoms with Crippen molar-refractivity contribution in [1.29, 1.82) is 0 Å². The number of likely N-dealkylation sites (tertiary alicyclic amines) is 1. The van der Waals surface area contributed by atoms with E-state index in [0.29, 0.717) is 5.92 Å². The van der Waals surface area contributed by atoms with Gasteiger partial charge in [-0.05, 0) is 45.2 Å². The topological polar surface area (TPSA) is 43.8 Å². The minimum atomic E-state index is -0.435. The number of rotatable bonds is 4. The van der Waals surface area contributed by atoms with E-state index < -0.39 is 5.41 Å². The highest BCUT2D eigenvalue weighted by atomic mass is 16.3. The zero-order chi connectivity index (χ0) is 13.2. The van der Waals surface area contributed by atoms with Crippen LogP contribution in [0.1, 0.15) is 32.1 Å². The number of aliphatic hydroxyl groups is 1. The number of carbonyl (C=O) groups excluding carboxylic acids is 1. The predicted molar refractivity (Wildman–Crippen MR) is 71.2 cm³/mol. The highest BCUT2D eigenvalue weighted by molar-refractivity contribution is 5.83. The summed E-state index contributed by atoms with van der Waals surface area (Å²) in [6.07, 6.45) is 5.24. The molecule has 1 N–H and O–H groups in total. The van der Waals surface area contributed by atoms with Crippen molar-refractivity contribution in [3.05, 3.63) is 0 Å². The highest BCUT2D eigenvalue weighted by Crippen LogP contribution is 2.42. The maximum absolute atomic E-state index is 12.4. The van der Waals surface area contributed by atoms with Crippen LogP contribution in [-0.4, -0.2) is 61.2 Å². The molecule has 0 spiro atoms. The molecular formula is C14H26N2O2. The molecule has 0 aromatic carbocycles. The van der Waals surface area contributed by atoms with Crippen molar-refractivity contribution >= 4 is 5.91 Å². The fraction of sp³-hybridized carbons (Fsp3) is 0.929. The van der Waals surface area contributed by atoms with Crippen molar-refractivity contribution in [2.45, 2.75) is 32.1 Å². The molecule has 4 heteroatoms. The molecule has 0 radical (unpaired) electrons. The number of carbonyl (C=O) groups is 1. The van der Waals surface area contributed by atoms with Gasteiger partial charge in [0.1, 0.15) is 0 Å². The Morgan fingerprint density at radius 1 is 1.44 bits per heavy atom. The maximum Gasteiger partial charge on any atom is 0.230 e. The van der Waals surface area contributed by atoms with Gasteiger partial charge in [-0.2, -0.15) is 0 Å². The summed E-state index contributed by atoms with van der Waals surface area (Å²) in [4.78, 5) is 16.6. The summed E-state index contributed by atoms with van der Waals surface area (Å²) >= 11 is 0. The Balaban J connectivity index is 1.87. The summed E-state index contributed by atoms with van der Waals surface area (Å²) in [5.74, 6) is 0.748. The van der Waals surface area contributed by atoms with E-state index >= 15 is 0 Å². The lowest BCUT2D eigenvalue weighted by molar-refractivity contribution is -0.150. The van der Waals surface area contributed by atoms with E-state index in [4.69, 9.17) is 0 Å². The van der Waals surface area contributed by atoms with Crippen LogP contribution < -0.4 is 0 Å². The standard InChI is InChI=1S/C14H26N2O2/c1-15-8-3-5-12(9-15)10-16(2)13(18)14(11-17)6-4-7-14/h12,17H,3-11H2,1-2H3. The van der Waals surface area contributed by atoms with Gasteiger partial charge in [0.25, 0.3) is 0 Å². The summed E-state index contributed by atoms with van der Waals surface area (Å²) in [6.45, 7) is 3.12. The van der Waals surface area contributed by atoms with Crippen molar-refractivity contribution in [1.82, 2.24) is 9.80 Å². The van der Waals surface area contributed by atoms with Gasteiger partial charge in [0.05, 0.1) is 12.0 Å². The largest absolute Gasteiger partial charge is 0.395 e. The molecule has 2 fully saturated rings. The maximum atomic E-state index is 12.4. The first kappa shape index (κ1) is 13.8. The van der Waals surface area contributed by atoms with Crippen molar-refractivity contribution in [3.8, 4) is 0 Å². The van der Waals surface area contributed by atoms with Crippen LogP contribution in [0.5, 0.6) is 0 Å². The van der Waals surface area contributed by atoms with E-state index in [-0.39, 0.29) is 12.5 Å². The molecule has 4 nitrogen and oxygen atoms in total. The Labute approximate surface area is 110 Å². The molecule has 1 aliphatic heterocycles. The fourth-order valence-corrected chi connectivity index (χ4v) is 3.34. The van der Waals surface area contributed by atoms with E-state index in [1.807, 2.05) is 11.9 Å². The Morgan fingerprint density at radius 3 is 2.67 bits per heavy atom. The summed E-state index contributed by atoms with van der Waals surface area (Å²) < 4.78 is 0. The third kappa shape index (κ3) is 2.69. The first-order valence-electron chi connectivity index (χ1n) is 7.12. The lowest BCUT2D eigenvalue weighted by Crippen LogP contribution is -2.50. The van der Waals surface area contributed by atoms with E-state index in [1.165, 1.54) is 19.4 Å². The number of hydrogen-bond donors (Lipinski definition) is 1. The number of piperidine rings is 1. The van der Waals surface area contributed by atoms with E-state index in [9.17, 15) is 9.90 Å². The summed E-state index contributed by atoms with van der Waals surface area (Å²) in [5, 5.41) is 9.45. The second-order valence-corrected chi connectivity index (χ2v) is 6.25. The first-order chi connectivity index (χ1) is 8.57. The van der Waals surface area contributed by atoms with E-state index in [1.54, 1.807) is 0 Å². The third-order valence-electron chi connectivity index (χ3n) is 4.67. The van der Waals surface area contributed by atoms with E-state index in [2.05, 4.69) is 11.9 Å². The molecule has 1 saturated carbocycles. The monoisotopic (exact) mass is 254 g/mol. The second-order valence-electron chi connectivity index (χ2n) is 6.25. The van der Waals surface area contributed by atoms with Gasteiger partial charge in [0.2, 0.25) is 5.91 Å². The molecule has 2 rings (SSSR count). The van der Waals surface area contributed by atoms with Gasteiger partial charge in [-0.15, -0.1) is 0 Å². The number of hydrogen-bond acceptors (Lipinski definition) is 3. The lowest BCUT2D eigenvalue weighted by Gasteiger charge is -2.42. The van der Waals surface area contributed by atoms with Crippen LogP contribution >= 0.6 is 0 Å². The van der Waals surface area contributed by atoms with Crippen LogP contribution in [0.25, 0.3) is 0 Å². The average Bonchev–Trinajstić information content (AvgIpc) is 2.28. The van der Waals surface area contributed by atoms with Crippen LogP contribution in [0.15, 0.2) is 0 Å². The van der Waals surface area contributed by atoms with Gasteiger partial charge in [-0.3, -0.25) is 4.79 Å². The smallest absolute Gasteiger partial charge is 0.230 e. The molecule has 2 aliphatic rings. The highest BCUT2D eigenvalue weighted by Gasteiger charge is 2.45. The Morgan fingerprint density at radius 2 is 2.17 bits per heavy atom. The summed E-state index contributed by atoms with van der Waals surface area (Å²) in [5.41, 5.74) is -0.435. The van der Waals surface area contributed by atoms with Crippen molar-refractivity contribution in [2.24, 2.45) is 11.3 Å². The lowest BCUT2D eigenvalue weighted by atomic mass is 9.68. The van der Waals surface area contributed by atoms with E-state index in [0.717, 1.165) is 32.4 Å². The molecule has 1 saturated heterocycles. The normalized spacial score (nSPS) is 27.6. The predicted octanol–water partition coefficient (Wildman–Crippen LogP) is 0.949. The minimum Gasteiger partial charge on any atom is -0.395 e.